The van der Waals surface area contributed by atoms with E-state index in [-0.39, 0.29) is 5.91 Å². The molecule has 1 aliphatic rings. The summed E-state index contributed by atoms with van der Waals surface area (Å²) >= 11 is 1.62. The van der Waals surface area contributed by atoms with Crippen molar-refractivity contribution >= 4 is 17.2 Å². The average Bonchev–Trinajstić information content (AvgIpc) is 2.92. The van der Waals surface area contributed by atoms with Crippen LogP contribution >= 0.6 is 11.3 Å². The molecule has 23 heavy (non-hydrogen) atoms. The minimum absolute atomic E-state index is 0.187. The summed E-state index contributed by atoms with van der Waals surface area (Å²) in [5, 5.41) is 0. The molecule has 3 nitrogen and oxygen atoms in total. The maximum atomic E-state index is 12.4. The first-order valence-electron chi connectivity index (χ1n) is 7.65. The smallest absolute Gasteiger partial charge is 0.279 e. The standard InChI is InChI=1S/C19H16N2OS/c1-21-17-15-10-6-5-7-13(15)11-12-16(17)23-19(21)20-18(22)14-8-3-2-4-9-14/h2-10H,11-12H2,1H3. The normalized spacial score (nSPS) is 13.5. The second-order valence-corrected chi connectivity index (χ2v) is 6.72. The number of benzene rings is 2. The van der Waals surface area contributed by atoms with Crippen molar-refractivity contribution in [2.75, 3.05) is 0 Å². The van der Waals surface area contributed by atoms with Gasteiger partial charge in [0.2, 0.25) is 0 Å². The quantitative estimate of drug-likeness (QED) is 0.674. The van der Waals surface area contributed by atoms with E-state index in [0.29, 0.717) is 5.56 Å². The fourth-order valence-electron chi connectivity index (χ4n) is 3.06. The van der Waals surface area contributed by atoms with Gasteiger partial charge in [-0.05, 0) is 30.5 Å². The number of aromatic nitrogens is 1. The summed E-state index contributed by atoms with van der Waals surface area (Å²) in [6.45, 7) is 0. The first kappa shape index (κ1) is 14.2. The summed E-state index contributed by atoms with van der Waals surface area (Å²) in [5.74, 6) is -0.187. The van der Waals surface area contributed by atoms with E-state index in [2.05, 4.69) is 33.8 Å². The van der Waals surface area contributed by atoms with Crippen LogP contribution in [0.15, 0.2) is 59.6 Å². The molecule has 0 radical (unpaired) electrons. The summed E-state index contributed by atoms with van der Waals surface area (Å²) in [6.07, 6.45) is 2.07. The van der Waals surface area contributed by atoms with E-state index in [1.165, 1.54) is 21.7 Å². The highest BCUT2D eigenvalue weighted by atomic mass is 32.1. The summed E-state index contributed by atoms with van der Waals surface area (Å²) in [5.41, 5.74) is 4.46. The summed E-state index contributed by atoms with van der Waals surface area (Å²) in [7, 11) is 1.99. The molecule has 4 heteroatoms. The fourth-order valence-corrected chi connectivity index (χ4v) is 4.18. The number of carbonyl (C=O) groups is 1. The lowest BCUT2D eigenvalue weighted by atomic mass is 9.93. The van der Waals surface area contributed by atoms with Gasteiger partial charge in [0.1, 0.15) is 0 Å². The van der Waals surface area contributed by atoms with Crippen LogP contribution in [0, 0.1) is 0 Å². The zero-order chi connectivity index (χ0) is 15.8. The van der Waals surface area contributed by atoms with Crippen molar-refractivity contribution in [3.05, 3.63) is 75.4 Å². The molecule has 0 bridgehead atoms. The van der Waals surface area contributed by atoms with Gasteiger partial charge in [-0.1, -0.05) is 42.5 Å². The molecule has 0 fully saturated rings. The highest BCUT2D eigenvalue weighted by Crippen LogP contribution is 2.34. The summed E-state index contributed by atoms with van der Waals surface area (Å²) in [6, 6.07) is 17.7. The van der Waals surface area contributed by atoms with Crippen LogP contribution in [0.3, 0.4) is 0 Å². The number of hydrogen-bond acceptors (Lipinski definition) is 2. The molecule has 1 heterocycles. The van der Waals surface area contributed by atoms with Crippen LogP contribution in [0.2, 0.25) is 0 Å². The van der Waals surface area contributed by atoms with Crippen LogP contribution in [0.5, 0.6) is 0 Å². The van der Waals surface area contributed by atoms with Crippen LogP contribution in [0.4, 0.5) is 0 Å². The van der Waals surface area contributed by atoms with Gasteiger partial charge in [-0.15, -0.1) is 11.3 Å². The molecule has 0 spiro atoms. The van der Waals surface area contributed by atoms with Gasteiger partial charge in [-0.2, -0.15) is 4.99 Å². The van der Waals surface area contributed by atoms with E-state index >= 15 is 0 Å². The average molecular weight is 320 g/mol. The molecule has 114 valence electrons. The van der Waals surface area contributed by atoms with Crippen molar-refractivity contribution < 1.29 is 4.79 Å². The van der Waals surface area contributed by atoms with Gasteiger partial charge in [0, 0.05) is 23.1 Å². The molecular formula is C19H16N2OS. The molecule has 0 unspecified atom stereocenters. The molecule has 0 saturated heterocycles. The topological polar surface area (TPSA) is 34.4 Å². The van der Waals surface area contributed by atoms with Crippen LogP contribution in [0.1, 0.15) is 20.8 Å². The van der Waals surface area contributed by atoms with E-state index in [0.717, 1.165) is 17.6 Å². The Hall–Kier alpha value is -2.46. The molecule has 4 rings (SSSR count). The maximum Gasteiger partial charge on any atom is 0.279 e. The summed E-state index contributed by atoms with van der Waals surface area (Å²) in [4.78, 5) is 18.8. The third-order valence-corrected chi connectivity index (χ3v) is 5.40. The second kappa shape index (κ2) is 5.63. The van der Waals surface area contributed by atoms with Crippen LogP contribution in [-0.4, -0.2) is 10.5 Å². The molecule has 1 aliphatic carbocycles. The molecule has 1 aromatic heterocycles. The van der Waals surface area contributed by atoms with Gasteiger partial charge in [0.15, 0.2) is 4.80 Å². The first-order valence-corrected chi connectivity index (χ1v) is 8.47. The maximum absolute atomic E-state index is 12.4. The highest BCUT2D eigenvalue weighted by molar-refractivity contribution is 7.09. The molecule has 0 N–H and O–H groups in total. The Morgan fingerprint density at radius 1 is 1.04 bits per heavy atom. The van der Waals surface area contributed by atoms with Gasteiger partial charge in [0.05, 0.1) is 5.69 Å². The van der Waals surface area contributed by atoms with Crippen LogP contribution in [-0.2, 0) is 19.9 Å². The zero-order valence-electron chi connectivity index (χ0n) is 12.8. The fraction of sp³-hybridized carbons (Fsp3) is 0.158. The molecule has 0 atom stereocenters. The second-order valence-electron chi connectivity index (χ2n) is 5.66. The largest absolute Gasteiger partial charge is 0.319 e. The van der Waals surface area contributed by atoms with E-state index in [9.17, 15) is 4.79 Å². The van der Waals surface area contributed by atoms with Crippen molar-refractivity contribution in [3.8, 4) is 11.3 Å². The number of aryl methyl sites for hydroxylation is 2. The zero-order valence-corrected chi connectivity index (χ0v) is 13.6. The number of nitrogens with zero attached hydrogens (tertiary/aromatic N) is 2. The van der Waals surface area contributed by atoms with Gasteiger partial charge in [-0.3, -0.25) is 4.79 Å². The van der Waals surface area contributed by atoms with Gasteiger partial charge in [-0.25, -0.2) is 0 Å². The van der Waals surface area contributed by atoms with Crippen molar-refractivity contribution in [3.63, 3.8) is 0 Å². The first-order chi connectivity index (χ1) is 11.2. The lowest BCUT2D eigenvalue weighted by molar-refractivity contribution is 0.0998. The molecule has 2 aromatic carbocycles. The number of amides is 1. The SMILES string of the molecule is Cn1c2c(sc1=NC(=O)c1ccccc1)CCc1ccccc1-2. The Morgan fingerprint density at radius 3 is 2.61 bits per heavy atom. The van der Waals surface area contributed by atoms with Gasteiger partial charge >= 0.3 is 0 Å². The van der Waals surface area contributed by atoms with Gasteiger partial charge in [0.25, 0.3) is 5.91 Å². The Labute approximate surface area is 138 Å². The van der Waals surface area contributed by atoms with Crippen molar-refractivity contribution in [1.29, 1.82) is 0 Å². The monoisotopic (exact) mass is 320 g/mol. The Kier molecular flexibility index (Phi) is 3.46. The van der Waals surface area contributed by atoms with E-state index in [1.807, 2.05) is 25.2 Å². The van der Waals surface area contributed by atoms with Crippen molar-refractivity contribution in [1.82, 2.24) is 4.57 Å². The van der Waals surface area contributed by atoms with Gasteiger partial charge < -0.3 is 4.57 Å². The lowest BCUT2D eigenvalue weighted by Crippen LogP contribution is -2.15. The number of rotatable bonds is 1. The minimum Gasteiger partial charge on any atom is -0.319 e. The third kappa shape index (κ3) is 2.45. The van der Waals surface area contributed by atoms with E-state index < -0.39 is 0 Å². The lowest BCUT2D eigenvalue weighted by Gasteiger charge is -2.16. The predicted octanol–water partition coefficient (Wildman–Crippen LogP) is 3.59. The Balaban J connectivity index is 1.83. The molecule has 1 amide bonds. The predicted molar refractivity (Wildman–Crippen MR) is 92.5 cm³/mol. The summed E-state index contributed by atoms with van der Waals surface area (Å²) < 4.78 is 2.05. The number of carbonyl (C=O) groups excluding carboxylic acids is 1. The van der Waals surface area contributed by atoms with Crippen LogP contribution < -0.4 is 4.80 Å². The molecule has 0 saturated carbocycles. The van der Waals surface area contributed by atoms with Crippen molar-refractivity contribution in [2.45, 2.75) is 12.8 Å². The minimum atomic E-state index is -0.187. The molecule has 0 aliphatic heterocycles. The Bertz CT molecular complexity index is 951. The number of hydrogen-bond donors (Lipinski definition) is 0. The highest BCUT2D eigenvalue weighted by Gasteiger charge is 2.20. The van der Waals surface area contributed by atoms with Crippen molar-refractivity contribution in [2.24, 2.45) is 12.0 Å². The number of fused-ring (bicyclic) bond motifs is 3. The van der Waals surface area contributed by atoms with E-state index in [1.54, 1.807) is 23.5 Å². The van der Waals surface area contributed by atoms with E-state index in [4.69, 9.17) is 0 Å². The number of thiazole rings is 1. The molecular weight excluding hydrogens is 304 g/mol. The van der Waals surface area contributed by atoms with Crippen LogP contribution in [0.25, 0.3) is 11.3 Å². The Morgan fingerprint density at radius 2 is 1.78 bits per heavy atom. The third-order valence-electron chi connectivity index (χ3n) is 4.21. The molecule has 3 aromatic rings.